The van der Waals surface area contributed by atoms with E-state index in [4.69, 9.17) is 4.74 Å². The number of nitro groups is 1. The molecule has 2 atom stereocenters. The molecule has 0 bridgehead atoms. The number of hydrogen-bond donors (Lipinski definition) is 1. The van der Waals surface area contributed by atoms with Crippen LogP contribution in [0.5, 0.6) is 0 Å². The molecule has 1 aliphatic rings. The number of nitrogens with one attached hydrogen (secondary N) is 1. The highest BCUT2D eigenvalue weighted by Crippen LogP contribution is 2.21. The molecule has 2 rings (SSSR count). The van der Waals surface area contributed by atoms with Gasteiger partial charge < -0.3 is 10.1 Å². The Labute approximate surface area is 146 Å². The van der Waals surface area contributed by atoms with Crippen molar-refractivity contribution in [3.63, 3.8) is 0 Å². The molecule has 8 nitrogen and oxygen atoms in total. The topological polar surface area (TPSA) is 102 Å². The van der Waals surface area contributed by atoms with Gasteiger partial charge in [0.05, 0.1) is 23.5 Å². The van der Waals surface area contributed by atoms with Crippen LogP contribution in [0, 0.1) is 16.0 Å². The molecule has 1 aromatic carbocycles. The van der Waals surface area contributed by atoms with E-state index in [1.807, 2.05) is 4.90 Å². The maximum atomic E-state index is 12.4. The van der Waals surface area contributed by atoms with Crippen molar-refractivity contribution >= 4 is 23.3 Å². The van der Waals surface area contributed by atoms with E-state index in [2.05, 4.69) is 5.32 Å². The SMILES string of the molecule is CCOC(=O)C1CCCN(C(C)C(=O)Nc2ccc([N+](=O)[O-])cc2)C1. The number of hydrogen-bond acceptors (Lipinski definition) is 6. The lowest BCUT2D eigenvalue weighted by Gasteiger charge is -2.35. The minimum absolute atomic E-state index is 0.0284. The molecule has 136 valence electrons. The van der Waals surface area contributed by atoms with Crippen LogP contribution in [-0.2, 0) is 14.3 Å². The summed E-state index contributed by atoms with van der Waals surface area (Å²) < 4.78 is 5.07. The number of amides is 1. The lowest BCUT2D eigenvalue weighted by Crippen LogP contribution is -2.48. The summed E-state index contributed by atoms with van der Waals surface area (Å²) in [4.78, 5) is 36.5. The molecular formula is C17H23N3O5. The first-order valence-corrected chi connectivity index (χ1v) is 8.38. The summed E-state index contributed by atoms with van der Waals surface area (Å²) in [5.74, 6) is -0.628. The molecule has 1 aliphatic heterocycles. The van der Waals surface area contributed by atoms with Crippen molar-refractivity contribution in [3.8, 4) is 0 Å². The van der Waals surface area contributed by atoms with Crippen LogP contribution in [0.25, 0.3) is 0 Å². The zero-order valence-corrected chi connectivity index (χ0v) is 14.4. The average molecular weight is 349 g/mol. The normalized spacial score (nSPS) is 19.0. The van der Waals surface area contributed by atoms with Gasteiger partial charge in [-0.05, 0) is 45.4 Å². The second-order valence-electron chi connectivity index (χ2n) is 6.06. The summed E-state index contributed by atoms with van der Waals surface area (Å²) in [6.07, 6.45) is 1.60. The highest BCUT2D eigenvalue weighted by atomic mass is 16.6. The molecule has 0 spiro atoms. The van der Waals surface area contributed by atoms with E-state index in [0.717, 1.165) is 19.4 Å². The van der Waals surface area contributed by atoms with Gasteiger partial charge in [-0.15, -0.1) is 0 Å². The van der Waals surface area contributed by atoms with E-state index in [-0.39, 0.29) is 23.5 Å². The van der Waals surface area contributed by atoms with E-state index >= 15 is 0 Å². The minimum atomic E-state index is -0.489. The number of likely N-dealkylation sites (tertiary alicyclic amines) is 1. The summed E-state index contributed by atoms with van der Waals surface area (Å²) in [6.45, 7) is 5.15. The number of rotatable bonds is 6. The van der Waals surface area contributed by atoms with Crippen LogP contribution in [0.15, 0.2) is 24.3 Å². The van der Waals surface area contributed by atoms with Crippen LogP contribution in [0.4, 0.5) is 11.4 Å². The molecule has 0 radical (unpaired) electrons. The third-order valence-electron chi connectivity index (χ3n) is 4.35. The highest BCUT2D eigenvalue weighted by molar-refractivity contribution is 5.94. The van der Waals surface area contributed by atoms with E-state index in [1.165, 1.54) is 24.3 Å². The molecule has 1 heterocycles. The van der Waals surface area contributed by atoms with Crippen LogP contribution in [-0.4, -0.2) is 47.4 Å². The van der Waals surface area contributed by atoms with Crippen LogP contribution >= 0.6 is 0 Å². The number of carbonyl (C=O) groups is 2. The van der Waals surface area contributed by atoms with Gasteiger partial charge in [-0.2, -0.15) is 0 Å². The quantitative estimate of drug-likeness (QED) is 0.480. The summed E-state index contributed by atoms with van der Waals surface area (Å²) in [5.41, 5.74) is 0.473. The summed E-state index contributed by atoms with van der Waals surface area (Å²) in [7, 11) is 0. The maximum absolute atomic E-state index is 12.4. The number of non-ortho nitro benzene ring substituents is 1. The van der Waals surface area contributed by atoms with E-state index < -0.39 is 11.0 Å². The zero-order chi connectivity index (χ0) is 18.4. The Balaban J connectivity index is 1.94. The molecule has 1 amide bonds. The Bertz CT molecular complexity index is 632. The first kappa shape index (κ1) is 18.9. The number of anilines is 1. The smallest absolute Gasteiger partial charge is 0.310 e. The fourth-order valence-corrected chi connectivity index (χ4v) is 2.89. The van der Waals surface area contributed by atoms with E-state index in [9.17, 15) is 19.7 Å². The van der Waals surface area contributed by atoms with Gasteiger partial charge in [0.2, 0.25) is 5.91 Å². The van der Waals surface area contributed by atoms with E-state index in [0.29, 0.717) is 18.8 Å². The average Bonchev–Trinajstić information content (AvgIpc) is 2.61. The second kappa shape index (κ2) is 8.57. The lowest BCUT2D eigenvalue weighted by molar-refractivity contribution is -0.384. The lowest BCUT2D eigenvalue weighted by atomic mass is 9.97. The fourth-order valence-electron chi connectivity index (χ4n) is 2.89. The van der Waals surface area contributed by atoms with Gasteiger partial charge >= 0.3 is 5.97 Å². The van der Waals surface area contributed by atoms with E-state index in [1.54, 1.807) is 13.8 Å². The Morgan fingerprint density at radius 3 is 2.68 bits per heavy atom. The Hall–Kier alpha value is -2.48. The summed E-state index contributed by atoms with van der Waals surface area (Å²) in [5, 5.41) is 13.4. The number of esters is 1. The monoisotopic (exact) mass is 349 g/mol. The van der Waals surface area contributed by atoms with Gasteiger partial charge in [-0.25, -0.2) is 0 Å². The Morgan fingerprint density at radius 1 is 1.40 bits per heavy atom. The molecule has 0 aliphatic carbocycles. The number of piperidine rings is 1. The fraction of sp³-hybridized carbons (Fsp3) is 0.529. The maximum Gasteiger partial charge on any atom is 0.310 e. The molecule has 8 heteroatoms. The van der Waals surface area contributed by atoms with Crippen LogP contribution in [0.2, 0.25) is 0 Å². The zero-order valence-electron chi connectivity index (χ0n) is 14.4. The first-order chi connectivity index (χ1) is 11.9. The van der Waals surface area contributed by atoms with Gasteiger partial charge in [0.25, 0.3) is 5.69 Å². The molecule has 2 unspecified atom stereocenters. The van der Waals surface area contributed by atoms with Crippen molar-refractivity contribution in [2.75, 3.05) is 25.0 Å². The molecule has 1 fully saturated rings. The van der Waals surface area contributed by atoms with Crippen molar-refractivity contribution in [3.05, 3.63) is 34.4 Å². The number of carbonyl (C=O) groups excluding carboxylic acids is 2. The molecule has 1 saturated heterocycles. The molecule has 0 saturated carbocycles. The van der Waals surface area contributed by atoms with Crippen molar-refractivity contribution in [2.45, 2.75) is 32.7 Å². The number of nitro benzene ring substituents is 1. The molecule has 1 N–H and O–H groups in total. The predicted octanol–water partition coefficient (Wildman–Crippen LogP) is 2.20. The van der Waals surface area contributed by atoms with Crippen LogP contribution in [0.1, 0.15) is 26.7 Å². The van der Waals surface area contributed by atoms with Crippen molar-refractivity contribution in [1.82, 2.24) is 4.90 Å². The summed E-state index contributed by atoms with van der Waals surface area (Å²) in [6, 6.07) is 5.28. The van der Waals surface area contributed by atoms with Crippen LogP contribution < -0.4 is 5.32 Å². The highest BCUT2D eigenvalue weighted by Gasteiger charge is 2.31. The van der Waals surface area contributed by atoms with Gasteiger partial charge in [0.1, 0.15) is 0 Å². The molecule has 1 aromatic rings. The van der Waals surface area contributed by atoms with Gasteiger partial charge in [0, 0.05) is 24.4 Å². The van der Waals surface area contributed by atoms with Crippen LogP contribution in [0.3, 0.4) is 0 Å². The Kier molecular flexibility index (Phi) is 6.46. The summed E-state index contributed by atoms with van der Waals surface area (Å²) >= 11 is 0. The third kappa shape index (κ3) is 4.99. The van der Waals surface area contributed by atoms with Crippen molar-refractivity contribution < 1.29 is 19.2 Å². The minimum Gasteiger partial charge on any atom is -0.466 e. The van der Waals surface area contributed by atoms with Gasteiger partial charge in [0.15, 0.2) is 0 Å². The first-order valence-electron chi connectivity index (χ1n) is 8.38. The largest absolute Gasteiger partial charge is 0.466 e. The molecule has 0 aromatic heterocycles. The molecular weight excluding hydrogens is 326 g/mol. The number of benzene rings is 1. The number of ether oxygens (including phenoxy) is 1. The molecule has 25 heavy (non-hydrogen) atoms. The Morgan fingerprint density at radius 2 is 2.08 bits per heavy atom. The predicted molar refractivity (Wildman–Crippen MR) is 92.1 cm³/mol. The third-order valence-corrected chi connectivity index (χ3v) is 4.35. The number of nitrogens with zero attached hydrogens (tertiary/aromatic N) is 2. The van der Waals surface area contributed by atoms with Crippen molar-refractivity contribution in [1.29, 1.82) is 0 Å². The van der Waals surface area contributed by atoms with Crippen molar-refractivity contribution in [2.24, 2.45) is 5.92 Å². The standard InChI is InChI=1S/C17H23N3O5/c1-3-25-17(22)13-5-4-10-19(11-13)12(2)16(21)18-14-6-8-15(9-7-14)20(23)24/h6-9,12-13H,3-5,10-11H2,1-2H3,(H,18,21). The van der Waals surface area contributed by atoms with Gasteiger partial charge in [-0.3, -0.25) is 24.6 Å². The second-order valence-corrected chi connectivity index (χ2v) is 6.06. The van der Waals surface area contributed by atoms with Gasteiger partial charge in [-0.1, -0.05) is 0 Å².